The molecule has 0 saturated heterocycles. The number of aliphatic carboxylic acids is 1. The van der Waals surface area contributed by atoms with E-state index in [1.807, 2.05) is 26.8 Å². The highest BCUT2D eigenvalue weighted by Crippen LogP contribution is 2.09. The van der Waals surface area contributed by atoms with Crippen molar-refractivity contribution in [2.75, 3.05) is 6.54 Å². The van der Waals surface area contributed by atoms with E-state index < -0.39 is 5.97 Å². The zero-order valence-corrected chi connectivity index (χ0v) is 12.4. The molecule has 0 aliphatic rings. The molecule has 0 radical (unpaired) electrons. The Bertz CT molecular complexity index is 722. The smallest absolute Gasteiger partial charge is 0.317 e. The van der Waals surface area contributed by atoms with Crippen molar-refractivity contribution >= 4 is 11.6 Å². The Morgan fingerprint density at radius 1 is 1.48 bits per heavy atom. The van der Waals surface area contributed by atoms with Crippen LogP contribution in [-0.4, -0.2) is 37.9 Å². The molecule has 0 amide bonds. The van der Waals surface area contributed by atoms with E-state index in [1.165, 1.54) is 10.5 Å². The van der Waals surface area contributed by atoms with Crippen LogP contribution in [0.4, 0.5) is 0 Å². The maximum Gasteiger partial charge on any atom is 0.317 e. The predicted molar refractivity (Wildman–Crippen MR) is 79.4 cm³/mol. The zero-order valence-electron chi connectivity index (χ0n) is 12.4. The van der Waals surface area contributed by atoms with Crippen LogP contribution in [-0.2, 0) is 11.3 Å². The van der Waals surface area contributed by atoms with Gasteiger partial charge in [0.05, 0.1) is 12.2 Å². The molecule has 0 aliphatic carbocycles. The second-order valence-corrected chi connectivity index (χ2v) is 5.36. The molecule has 0 bridgehead atoms. The summed E-state index contributed by atoms with van der Waals surface area (Å²) in [6, 6.07) is 5.21. The maximum absolute atomic E-state index is 12.1. The van der Waals surface area contributed by atoms with Crippen molar-refractivity contribution < 1.29 is 9.90 Å². The lowest BCUT2D eigenvalue weighted by molar-refractivity contribution is -0.138. The number of pyridine rings is 1. The van der Waals surface area contributed by atoms with E-state index in [4.69, 9.17) is 5.11 Å². The summed E-state index contributed by atoms with van der Waals surface area (Å²) >= 11 is 0. The first-order valence-corrected chi connectivity index (χ1v) is 6.82. The molecule has 0 aromatic carbocycles. The first-order chi connectivity index (χ1) is 9.88. The average molecular weight is 289 g/mol. The molecule has 21 heavy (non-hydrogen) atoms. The van der Waals surface area contributed by atoms with Gasteiger partial charge in [-0.1, -0.05) is 6.07 Å². The van der Waals surface area contributed by atoms with Gasteiger partial charge in [0.15, 0.2) is 0 Å². The van der Waals surface area contributed by atoms with Gasteiger partial charge in [-0.05, 0) is 32.4 Å². The van der Waals surface area contributed by atoms with Crippen molar-refractivity contribution in [3.05, 3.63) is 46.0 Å². The molecule has 0 fully saturated rings. The Labute approximate surface area is 122 Å². The van der Waals surface area contributed by atoms with Crippen LogP contribution < -0.4 is 5.56 Å². The molecule has 1 N–H and O–H groups in total. The molecule has 0 unspecified atom stereocenters. The monoisotopic (exact) mass is 289 g/mol. The Hall–Kier alpha value is -2.21. The third-order valence-corrected chi connectivity index (χ3v) is 3.37. The van der Waals surface area contributed by atoms with Gasteiger partial charge in [-0.3, -0.25) is 18.9 Å². The molecule has 112 valence electrons. The molecule has 2 rings (SSSR count). The number of carboxylic acids is 1. The maximum atomic E-state index is 12.1. The molecule has 0 aliphatic heterocycles. The van der Waals surface area contributed by atoms with Gasteiger partial charge in [0.25, 0.3) is 5.56 Å². The van der Waals surface area contributed by atoms with E-state index in [-0.39, 0.29) is 18.1 Å². The summed E-state index contributed by atoms with van der Waals surface area (Å²) in [6.07, 6.45) is 1.68. The van der Waals surface area contributed by atoms with E-state index in [1.54, 1.807) is 17.2 Å². The minimum Gasteiger partial charge on any atom is -0.480 e. The standard InChI is InChI=1S/C15H19N3O3/c1-10(2)17(9-14(20)21)8-12-7-13(19)18-6-4-5-11(3)15(18)16-12/h4-7,10H,8-9H2,1-3H3,(H,20,21). The third kappa shape index (κ3) is 3.46. The van der Waals surface area contributed by atoms with Crippen LogP contribution in [0.3, 0.4) is 0 Å². The number of fused-ring (bicyclic) bond motifs is 1. The van der Waals surface area contributed by atoms with Crippen molar-refractivity contribution in [1.29, 1.82) is 0 Å². The Kier molecular flexibility index (Phi) is 4.37. The number of carboxylic acid groups (broad SMARTS) is 1. The molecular weight excluding hydrogens is 270 g/mol. The highest BCUT2D eigenvalue weighted by Gasteiger charge is 2.15. The fourth-order valence-electron chi connectivity index (χ4n) is 2.19. The predicted octanol–water partition coefficient (Wildman–Crippen LogP) is 1.30. The molecule has 0 saturated carbocycles. The van der Waals surface area contributed by atoms with Gasteiger partial charge in [-0.2, -0.15) is 0 Å². The van der Waals surface area contributed by atoms with Gasteiger partial charge >= 0.3 is 5.97 Å². The number of rotatable bonds is 5. The minimum absolute atomic E-state index is 0.0539. The largest absolute Gasteiger partial charge is 0.480 e. The number of hydrogen-bond donors (Lipinski definition) is 1. The first kappa shape index (κ1) is 15.2. The molecule has 2 heterocycles. The molecule has 0 atom stereocenters. The van der Waals surface area contributed by atoms with Crippen LogP contribution >= 0.6 is 0 Å². The highest BCUT2D eigenvalue weighted by molar-refractivity contribution is 5.69. The lowest BCUT2D eigenvalue weighted by Crippen LogP contribution is -2.35. The average Bonchev–Trinajstić information content (AvgIpc) is 2.39. The van der Waals surface area contributed by atoms with Gasteiger partial charge in [-0.25, -0.2) is 4.98 Å². The number of aromatic nitrogens is 2. The number of carbonyl (C=O) groups is 1. The minimum atomic E-state index is -0.891. The quantitative estimate of drug-likeness (QED) is 0.898. The van der Waals surface area contributed by atoms with Crippen LogP contribution in [0.25, 0.3) is 5.65 Å². The van der Waals surface area contributed by atoms with Gasteiger partial charge < -0.3 is 5.11 Å². The lowest BCUT2D eigenvalue weighted by Gasteiger charge is -2.24. The summed E-state index contributed by atoms with van der Waals surface area (Å²) in [5, 5.41) is 8.95. The zero-order chi connectivity index (χ0) is 15.6. The molecular formula is C15H19N3O3. The lowest BCUT2D eigenvalue weighted by atomic mass is 10.2. The Morgan fingerprint density at radius 3 is 2.81 bits per heavy atom. The van der Waals surface area contributed by atoms with Crippen LogP contribution in [0, 0.1) is 6.92 Å². The Balaban J connectivity index is 2.40. The fraction of sp³-hybridized carbons (Fsp3) is 0.400. The molecule has 0 spiro atoms. The van der Waals surface area contributed by atoms with Crippen LogP contribution in [0.5, 0.6) is 0 Å². The van der Waals surface area contributed by atoms with E-state index in [0.29, 0.717) is 17.9 Å². The van der Waals surface area contributed by atoms with Gasteiger partial charge in [0.1, 0.15) is 5.65 Å². The molecule has 2 aromatic heterocycles. The Morgan fingerprint density at radius 2 is 2.19 bits per heavy atom. The van der Waals surface area contributed by atoms with Crippen molar-refractivity contribution in [1.82, 2.24) is 14.3 Å². The highest BCUT2D eigenvalue weighted by atomic mass is 16.4. The van der Waals surface area contributed by atoms with Crippen LogP contribution in [0.1, 0.15) is 25.1 Å². The third-order valence-electron chi connectivity index (χ3n) is 3.37. The van der Waals surface area contributed by atoms with Crippen LogP contribution in [0.2, 0.25) is 0 Å². The molecule has 6 nitrogen and oxygen atoms in total. The first-order valence-electron chi connectivity index (χ1n) is 6.82. The second kappa shape index (κ2) is 6.05. The van der Waals surface area contributed by atoms with Crippen LogP contribution in [0.15, 0.2) is 29.2 Å². The van der Waals surface area contributed by atoms with E-state index in [2.05, 4.69) is 4.98 Å². The summed E-state index contributed by atoms with van der Waals surface area (Å²) in [5.74, 6) is -0.891. The summed E-state index contributed by atoms with van der Waals surface area (Å²) in [6.45, 7) is 5.99. The van der Waals surface area contributed by atoms with Crippen molar-refractivity contribution in [2.24, 2.45) is 0 Å². The van der Waals surface area contributed by atoms with E-state index in [9.17, 15) is 9.59 Å². The SMILES string of the molecule is Cc1cccn2c(=O)cc(CN(CC(=O)O)C(C)C)nc12. The van der Waals surface area contributed by atoms with Gasteiger partial charge in [-0.15, -0.1) is 0 Å². The van der Waals surface area contributed by atoms with E-state index in [0.717, 1.165) is 5.56 Å². The number of aryl methyl sites for hydroxylation is 1. The topological polar surface area (TPSA) is 74.9 Å². The van der Waals surface area contributed by atoms with Crippen molar-refractivity contribution in [3.63, 3.8) is 0 Å². The summed E-state index contributed by atoms with van der Waals surface area (Å²) < 4.78 is 1.50. The summed E-state index contributed by atoms with van der Waals surface area (Å²) in [4.78, 5) is 29.3. The molecule has 2 aromatic rings. The second-order valence-electron chi connectivity index (χ2n) is 5.36. The fourth-order valence-corrected chi connectivity index (χ4v) is 2.19. The van der Waals surface area contributed by atoms with Crippen molar-refractivity contribution in [2.45, 2.75) is 33.4 Å². The van der Waals surface area contributed by atoms with E-state index >= 15 is 0 Å². The summed E-state index contributed by atoms with van der Waals surface area (Å²) in [7, 11) is 0. The van der Waals surface area contributed by atoms with Gasteiger partial charge in [0.2, 0.25) is 0 Å². The number of hydrogen-bond acceptors (Lipinski definition) is 4. The summed E-state index contributed by atoms with van der Waals surface area (Å²) in [5.41, 5.74) is 1.95. The van der Waals surface area contributed by atoms with Gasteiger partial charge in [0, 0.05) is 24.8 Å². The normalized spacial score (nSPS) is 11.5. The number of nitrogens with zero attached hydrogens (tertiary/aromatic N) is 3. The molecule has 6 heteroatoms. The van der Waals surface area contributed by atoms with Crippen molar-refractivity contribution in [3.8, 4) is 0 Å².